The second-order valence-corrected chi connectivity index (χ2v) is 4.72. The molecule has 0 amide bonds. The van der Waals surface area contributed by atoms with Crippen LogP contribution in [0.3, 0.4) is 0 Å². The lowest BCUT2D eigenvalue weighted by molar-refractivity contribution is -0.384. The number of nitro benzene ring substituents is 1. The molecule has 21 heavy (non-hydrogen) atoms. The van der Waals surface area contributed by atoms with Crippen LogP contribution in [-0.2, 0) is 6.54 Å². The van der Waals surface area contributed by atoms with E-state index in [1.807, 2.05) is 30.1 Å². The molecule has 0 aliphatic heterocycles. The molecular formula is C15H15N3O3. The number of carbonyl (C=O) groups is 1. The lowest BCUT2D eigenvalue weighted by Crippen LogP contribution is -2.26. The van der Waals surface area contributed by atoms with Crippen LogP contribution in [0.1, 0.15) is 16.1 Å². The molecule has 1 aromatic heterocycles. The van der Waals surface area contributed by atoms with Crippen LogP contribution >= 0.6 is 0 Å². The zero-order valence-corrected chi connectivity index (χ0v) is 11.6. The largest absolute Gasteiger partial charge is 0.293 e. The molecule has 2 aromatic rings. The number of hydrogen-bond donors (Lipinski definition) is 0. The number of nitro groups is 1. The zero-order valence-electron chi connectivity index (χ0n) is 11.6. The first-order valence-corrected chi connectivity index (χ1v) is 6.42. The van der Waals surface area contributed by atoms with Crippen molar-refractivity contribution in [3.63, 3.8) is 0 Å². The highest BCUT2D eigenvalue weighted by Gasteiger charge is 2.13. The van der Waals surface area contributed by atoms with Crippen molar-refractivity contribution in [2.24, 2.45) is 0 Å². The summed E-state index contributed by atoms with van der Waals surface area (Å²) in [6.45, 7) is 0.721. The Morgan fingerprint density at radius 1 is 1.29 bits per heavy atom. The van der Waals surface area contributed by atoms with Gasteiger partial charge >= 0.3 is 0 Å². The van der Waals surface area contributed by atoms with Gasteiger partial charge < -0.3 is 0 Å². The van der Waals surface area contributed by atoms with Crippen LogP contribution in [0.25, 0.3) is 0 Å². The molecule has 0 bridgehead atoms. The van der Waals surface area contributed by atoms with Gasteiger partial charge in [0.1, 0.15) is 0 Å². The summed E-state index contributed by atoms with van der Waals surface area (Å²) in [4.78, 5) is 28.4. The quantitative estimate of drug-likeness (QED) is 0.462. The van der Waals surface area contributed by atoms with Crippen molar-refractivity contribution in [1.29, 1.82) is 0 Å². The molecule has 0 atom stereocenters. The van der Waals surface area contributed by atoms with Crippen molar-refractivity contribution >= 4 is 11.5 Å². The van der Waals surface area contributed by atoms with E-state index >= 15 is 0 Å². The Labute approximate surface area is 122 Å². The van der Waals surface area contributed by atoms with Crippen LogP contribution in [0.15, 0.2) is 48.7 Å². The Morgan fingerprint density at radius 2 is 2.10 bits per heavy atom. The van der Waals surface area contributed by atoms with E-state index in [1.54, 1.807) is 12.3 Å². The van der Waals surface area contributed by atoms with E-state index in [-0.39, 0.29) is 18.0 Å². The smallest absolute Gasteiger partial charge is 0.270 e. The summed E-state index contributed by atoms with van der Waals surface area (Å²) in [7, 11) is 1.81. The molecule has 0 N–H and O–H groups in total. The summed E-state index contributed by atoms with van der Waals surface area (Å²) < 4.78 is 0. The molecule has 0 aliphatic carbocycles. The van der Waals surface area contributed by atoms with E-state index in [0.29, 0.717) is 12.1 Å². The highest BCUT2D eigenvalue weighted by molar-refractivity contribution is 5.98. The summed E-state index contributed by atoms with van der Waals surface area (Å²) in [5.41, 5.74) is 1.14. The first-order chi connectivity index (χ1) is 10.1. The molecule has 0 radical (unpaired) electrons. The van der Waals surface area contributed by atoms with Crippen LogP contribution in [0.4, 0.5) is 5.69 Å². The molecule has 1 aromatic carbocycles. The number of aromatic nitrogens is 1. The van der Waals surface area contributed by atoms with Gasteiger partial charge in [0, 0.05) is 30.4 Å². The number of rotatable bonds is 6. The zero-order chi connectivity index (χ0) is 15.2. The normalized spacial score (nSPS) is 10.6. The highest BCUT2D eigenvalue weighted by Crippen LogP contribution is 2.14. The lowest BCUT2D eigenvalue weighted by Gasteiger charge is -2.15. The third kappa shape index (κ3) is 4.19. The van der Waals surface area contributed by atoms with Crippen LogP contribution in [0.2, 0.25) is 0 Å². The van der Waals surface area contributed by atoms with Gasteiger partial charge in [0.05, 0.1) is 17.2 Å². The average molecular weight is 285 g/mol. The van der Waals surface area contributed by atoms with E-state index in [1.165, 1.54) is 18.2 Å². The van der Waals surface area contributed by atoms with Gasteiger partial charge in [-0.3, -0.25) is 24.8 Å². The Bertz CT molecular complexity index is 644. The van der Waals surface area contributed by atoms with Gasteiger partial charge in [-0.25, -0.2) is 0 Å². The maximum atomic E-state index is 12.1. The molecule has 0 aliphatic rings. The topological polar surface area (TPSA) is 76.3 Å². The van der Waals surface area contributed by atoms with Crippen LogP contribution in [-0.4, -0.2) is 34.2 Å². The van der Waals surface area contributed by atoms with E-state index in [2.05, 4.69) is 4.98 Å². The predicted octanol–water partition coefficient (Wildman–Crippen LogP) is 2.30. The Kier molecular flexibility index (Phi) is 4.73. The average Bonchev–Trinajstić information content (AvgIpc) is 2.48. The summed E-state index contributed by atoms with van der Waals surface area (Å²) in [5.74, 6) is -0.155. The van der Waals surface area contributed by atoms with Crippen molar-refractivity contribution in [2.45, 2.75) is 6.54 Å². The van der Waals surface area contributed by atoms with Crippen LogP contribution < -0.4 is 0 Å². The number of pyridine rings is 1. The van der Waals surface area contributed by atoms with E-state index < -0.39 is 4.92 Å². The number of carbonyl (C=O) groups excluding carboxylic acids is 1. The molecule has 0 unspecified atom stereocenters. The van der Waals surface area contributed by atoms with E-state index in [0.717, 1.165) is 5.69 Å². The number of non-ortho nitro benzene ring substituents is 1. The SMILES string of the molecule is CN(CC(=O)c1cccc([N+](=O)[O-])c1)Cc1ccccn1. The number of benzene rings is 1. The fourth-order valence-electron chi connectivity index (χ4n) is 1.95. The van der Waals surface area contributed by atoms with Gasteiger partial charge in [-0.1, -0.05) is 18.2 Å². The molecule has 0 spiro atoms. The third-order valence-electron chi connectivity index (χ3n) is 2.95. The lowest BCUT2D eigenvalue weighted by atomic mass is 10.1. The number of ketones is 1. The maximum absolute atomic E-state index is 12.1. The predicted molar refractivity (Wildman–Crippen MR) is 78.0 cm³/mol. The number of nitrogens with zero attached hydrogens (tertiary/aromatic N) is 3. The number of likely N-dealkylation sites (N-methyl/N-ethyl adjacent to an activating group) is 1. The van der Waals surface area contributed by atoms with Crippen molar-refractivity contribution in [2.75, 3.05) is 13.6 Å². The van der Waals surface area contributed by atoms with Gasteiger partial charge in [0.25, 0.3) is 5.69 Å². The summed E-state index contributed by atoms with van der Waals surface area (Å²) in [5, 5.41) is 10.7. The highest BCUT2D eigenvalue weighted by atomic mass is 16.6. The van der Waals surface area contributed by atoms with E-state index in [9.17, 15) is 14.9 Å². The first-order valence-electron chi connectivity index (χ1n) is 6.42. The van der Waals surface area contributed by atoms with Gasteiger partial charge in [-0.05, 0) is 19.2 Å². The van der Waals surface area contributed by atoms with Crippen molar-refractivity contribution in [3.8, 4) is 0 Å². The fraction of sp³-hybridized carbons (Fsp3) is 0.200. The van der Waals surface area contributed by atoms with Crippen molar-refractivity contribution in [3.05, 3.63) is 70.0 Å². The molecule has 1 heterocycles. The minimum Gasteiger partial charge on any atom is -0.293 e. The Balaban J connectivity index is 2.01. The van der Waals surface area contributed by atoms with Gasteiger partial charge in [0.15, 0.2) is 5.78 Å². The minimum absolute atomic E-state index is 0.0757. The fourth-order valence-corrected chi connectivity index (χ4v) is 1.95. The monoisotopic (exact) mass is 285 g/mol. The van der Waals surface area contributed by atoms with Crippen molar-refractivity contribution < 1.29 is 9.72 Å². The van der Waals surface area contributed by atoms with Gasteiger partial charge in [-0.2, -0.15) is 0 Å². The van der Waals surface area contributed by atoms with Gasteiger partial charge in [0.2, 0.25) is 0 Å². The number of Topliss-reactive ketones (excluding diaryl/α,β-unsaturated/α-hetero) is 1. The molecule has 0 saturated heterocycles. The molecule has 6 nitrogen and oxygen atoms in total. The first kappa shape index (κ1) is 14.8. The summed E-state index contributed by atoms with van der Waals surface area (Å²) in [6.07, 6.45) is 1.70. The molecule has 0 saturated carbocycles. The van der Waals surface area contributed by atoms with Crippen molar-refractivity contribution in [1.82, 2.24) is 9.88 Å². The van der Waals surface area contributed by atoms with Gasteiger partial charge in [-0.15, -0.1) is 0 Å². The molecule has 0 fully saturated rings. The minimum atomic E-state index is -0.506. The molecular weight excluding hydrogens is 270 g/mol. The summed E-state index contributed by atoms with van der Waals surface area (Å²) >= 11 is 0. The Morgan fingerprint density at radius 3 is 2.76 bits per heavy atom. The van der Waals surface area contributed by atoms with Crippen LogP contribution in [0, 0.1) is 10.1 Å². The molecule has 108 valence electrons. The standard InChI is InChI=1S/C15H15N3O3/c1-17(10-13-6-2-3-8-16-13)11-15(19)12-5-4-7-14(9-12)18(20)21/h2-9H,10-11H2,1H3. The Hall–Kier alpha value is -2.60. The second kappa shape index (κ2) is 6.71. The molecule has 2 rings (SSSR count). The van der Waals surface area contributed by atoms with Crippen LogP contribution in [0.5, 0.6) is 0 Å². The maximum Gasteiger partial charge on any atom is 0.270 e. The third-order valence-corrected chi connectivity index (χ3v) is 2.95. The second-order valence-electron chi connectivity index (χ2n) is 4.72. The summed E-state index contributed by atoms with van der Waals surface area (Å²) in [6, 6.07) is 11.4. The molecule has 6 heteroatoms. The van der Waals surface area contributed by atoms with E-state index in [4.69, 9.17) is 0 Å². The number of hydrogen-bond acceptors (Lipinski definition) is 5.